The van der Waals surface area contributed by atoms with Crippen LogP contribution in [0.4, 0.5) is 0 Å². The molecule has 5 nitrogen and oxygen atoms in total. The molecule has 146 valence electrons. The predicted octanol–water partition coefficient (Wildman–Crippen LogP) is 5.37. The number of aromatic nitrogens is 2. The zero-order valence-corrected chi connectivity index (χ0v) is 16.9. The maximum absolute atomic E-state index is 13.3. The van der Waals surface area contributed by atoms with E-state index in [0.717, 1.165) is 22.8 Å². The van der Waals surface area contributed by atoms with Gasteiger partial charge in [-0.2, -0.15) is 5.10 Å². The average molecular weight is 406 g/mol. The third-order valence-corrected chi connectivity index (χ3v) is 4.86. The van der Waals surface area contributed by atoms with Crippen LogP contribution in [-0.2, 0) is 6.54 Å². The minimum atomic E-state index is -0.143. The van der Waals surface area contributed by atoms with Gasteiger partial charge in [-0.1, -0.05) is 41.9 Å². The Morgan fingerprint density at radius 2 is 1.79 bits per heavy atom. The molecule has 29 heavy (non-hydrogen) atoms. The molecule has 2 aromatic heterocycles. The highest BCUT2D eigenvalue weighted by Crippen LogP contribution is 2.24. The summed E-state index contributed by atoms with van der Waals surface area (Å²) in [5, 5.41) is 5.35. The number of furan rings is 1. The molecular weight excluding hydrogens is 386 g/mol. The van der Waals surface area contributed by atoms with Gasteiger partial charge in [0.1, 0.15) is 17.2 Å². The van der Waals surface area contributed by atoms with Crippen LogP contribution in [0, 0.1) is 6.92 Å². The van der Waals surface area contributed by atoms with E-state index in [1.54, 1.807) is 16.6 Å². The molecule has 0 aliphatic carbocycles. The van der Waals surface area contributed by atoms with E-state index in [1.165, 1.54) is 0 Å². The fourth-order valence-corrected chi connectivity index (χ4v) is 3.26. The van der Waals surface area contributed by atoms with Crippen molar-refractivity contribution in [1.82, 2.24) is 14.7 Å². The van der Waals surface area contributed by atoms with E-state index in [9.17, 15) is 4.79 Å². The smallest absolute Gasteiger partial charge is 0.272 e. The van der Waals surface area contributed by atoms with Crippen LogP contribution in [0.25, 0.3) is 16.9 Å². The van der Waals surface area contributed by atoms with Crippen LogP contribution in [0.5, 0.6) is 0 Å². The van der Waals surface area contributed by atoms with Crippen LogP contribution < -0.4 is 0 Å². The summed E-state index contributed by atoms with van der Waals surface area (Å²) in [5.41, 5.74) is 2.89. The fraction of sp³-hybridized carbons (Fsp3) is 0.130. The Morgan fingerprint density at radius 1 is 1.07 bits per heavy atom. The van der Waals surface area contributed by atoms with Gasteiger partial charge >= 0.3 is 0 Å². The second-order valence-electron chi connectivity index (χ2n) is 6.84. The van der Waals surface area contributed by atoms with Crippen molar-refractivity contribution in [2.24, 2.45) is 0 Å². The lowest BCUT2D eigenvalue weighted by Gasteiger charge is -2.16. The maximum atomic E-state index is 13.3. The molecule has 4 aromatic rings. The highest BCUT2D eigenvalue weighted by molar-refractivity contribution is 6.30. The van der Waals surface area contributed by atoms with Gasteiger partial charge in [-0.05, 0) is 49.4 Å². The summed E-state index contributed by atoms with van der Waals surface area (Å²) in [6.07, 6.45) is 0. The Kier molecular flexibility index (Phi) is 5.23. The standard InChI is InChI=1S/C23H20ClN3O2/c1-16-8-13-20(29-16)15-26(2)23(28)22-14-21(17-9-11-18(24)12-10-17)25-27(22)19-6-4-3-5-7-19/h3-14H,15H2,1-2H3. The Hall–Kier alpha value is -3.31. The Bertz CT molecular complexity index is 1130. The summed E-state index contributed by atoms with van der Waals surface area (Å²) in [7, 11) is 1.75. The SMILES string of the molecule is Cc1ccc(CN(C)C(=O)c2cc(-c3ccc(Cl)cc3)nn2-c2ccccc2)o1. The largest absolute Gasteiger partial charge is 0.464 e. The summed E-state index contributed by atoms with van der Waals surface area (Å²) in [6.45, 7) is 2.26. The summed E-state index contributed by atoms with van der Waals surface area (Å²) < 4.78 is 7.29. The molecule has 2 aromatic carbocycles. The van der Waals surface area contributed by atoms with Gasteiger partial charge in [-0.15, -0.1) is 0 Å². The number of hydrogen-bond acceptors (Lipinski definition) is 3. The van der Waals surface area contributed by atoms with Gasteiger partial charge in [0.25, 0.3) is 5.91 Å². The Morgan fingerprint density at radius 3 is 2.45 bits per heavy atom. The number of nitrogens with zero attached hydrogens (tertiary/aromatic N) is 3. The van der Waals surface area contributed by atoms with Crippen LogP contribution in [-0.4, -0.2) is 27.6 Å². The minimum Gasteiger partial charge on any atom is -0.464 e. The molecule has 0 spiro atoms. The van der Waals surface area contributed by atoms with Gasteiger partial charge in [0.15, 0.2) is 0 Å². The minimum absolute atomic E-state index is 0.143. The molecule has 0 atom stereocenters. The summed E-state index contributed by atoms with van der Waals surface area (Å²) in [4.78, 5) is 14.9. The first kappa shape index (κ1) is 19.0. The van der Waals surface area contributed by atoms with Crippen LogP contribution >= 0.6 is 11.6 Å². The van der Waals surface area contributed by atoms with Gasteiger partial charge < -0.3 is 9.32 Å². The average Bonchev–Trinajstić information content (AvgIpc) is 3.35. The molecule has 4 rings (SSSR count). The van der Waals surface area contributed by atoms with Gasteiger partial charge in [0.05, 0.1) is 17.9 Å². The first-order valence-corrected chi connectivity index (χ1v) is 9.61. The maximum Gasteiger partial charge on any atom is 0.272 e. The van der Waals surface area contributed by atoms with Crippen molar-refractivity contribution < 1.29 is 9.21 Å². The van der Waals surface area contributed by atoms with E-state index >= 15 is 0 Å². The van der Waals surface area contributed by atoms with E-state index < -0.39 is 0 Å². The molecule has 1 amide bonds. The molecule has 0 unspecified atom stereocenters. The van der Waals surface area contributed by atoms with Crippen LogP contribution in [0.15, 0.2) is 77.2 Å². The van der Waals surface area contributed by atoms with Gasteiger partial charge in [-0.3, -0.25) is 4.79 Å². The molecule has 0 bridgehead atoms. The third kappa shape index (κ3) is 4.10. The highest BCUT2D eigenvalue weighted by atomic mass is 35.5. The van der Waals surface area contributed by atoms with Crippen molar-refractivity contribution in [3.05, 3.63) is 95.0 Å². The van der Waals surface area contributed by atoms with E-state index in [4.69, 9.17) is 21.1 Å². The van der Waals surface area contributed by atoms with Crippen LogP contribution in [0.1, 0.15) is 22.0 Å². The predicted molar refractivity (Wildman–Crippen MR) is 113 cm³/mol. The molecule has 0 radical (unpaired) electrons. The second kappa shape index (κ2) is 7.97. The second-order valence-corrected chi connectivity index (χ2v) is 7.28. The van der Waals surface area contributed by atoms with Crippen molar-refractivity contribution in [1.29, 1.82) is 0 Å². The Balaban J connectivity index is 1.72. The number of amides is 1. The first-order valence-electron chi connectivity index (χ1n) is 9.23. The zero-order valence-electron chi connectivity index (χ0n) is 16.2. The van der Waals surface area contributed by atoms with Crippen LogP contribution in [0.3, 0.4) is 0 Å². The van der Waals surface area contributed by atoms with Crippen molar-refractivity contribution in [3.8, 4) is 16.9 Å². The normalized spacial score (nSPS) is 10.9. The lowest BCUT2D eigenvalue weighted by molar-refractivity contribution is 0.0766. The van der Waals surface area contributed by atoms with E-state index in [1.807, 2.05) is 79.7 Å². The molecule has 0 N–H and O–H groups in total. The van der Waals surface area contributed by atoms with E-state index in [2.05, 4.69) is 0 Å². The third-order valence-electron chi connectivity index (χ3n) is 4.60. The topological polar surface area (TPSA) is 51.3 Å². The first-order chi connectivity index (χ1) is 14.0. The number of rotatable bonds is 5. The van der Waals surface area contributed by atoms with Crippen LogP contribution in [0.2, 0.25) is 5.02 Å². The number of benzene rings is 2. The van der Waals surface area contributed by atoms with Crippen molar-refractivity contribution in [2.75, 3.05) is 7.05 Å². The quantitative estimate of drug-likeness (QED) is 0.448. The van der Waals surface area contributed by atoms with Gasteiger partial charge in [-0.25, -0.2) is 4.68 Å². The summed E-state index contributed by atoms with van der Waals surface area (Å²) in [5.74, 6) is 1.41. The molecule has 0 aliphatic rings. The Labute approximate surface area is 174 Å². The molecule has 0 fully saturated rings. The fourth-order valence-electron chi connectivity index (χ4n) is 3.13. The number of hydrogen-bond donors (Lipinski definition) is 0. The van der Waals surface area contributed by atoms with Gasteiger partial charge in [0.2, 0.25) is 0 Å². The van der Waals surface area contributed by atoms with Crippen molar-refractivity contribution in [2.45, 2.75) is 13.5 Å². The number of halogens is 1. The number of para-hydroxylation sites is 1. The molecule has 0 saturated heterocycles. The summed E-state index contributed by atoms with van der Waals surface area (Å²) in [6, 6.07) is 22.6. The molecule has 6 heteroatoms. The lowest BCUT2D eigenvalue weighted by atomic mass is 10.1. The zero-order chi connectivity index (χ0) is 20.4. The molecule has 0 aliphatic heterocycles. The van der Waals surface area contributed by atoms with E-state index in [-0.39, 0.29) is 5.91 Å². The number of carbonyl (C=O) groups excluding carboxylic acids is 1. The van der Waals surface area contributed by atoms with Gasteiger partial charge in [0, 0.05) is 17.6 Å². The van der Waals surface area contributed by atoms with Crippen molar-refractivity contribution >= 4 is 17.5 Å². The lowest BCUT2D eigenvalue weighted by Crippen LogP contribution is -2.28. The number of aryl methyl sites for hydroxylation is 1. The molecule has 2 heterocycles. The molecule has 0 saturated carbocycles. The monoisotopic (exact) mass is 405 g/mol. The summed E-state index contributed by atoms with van der Waals surface area (Å²) >= 11 is 6.01. The highest BCUT2D eigenvalue weighted by Gasteiger charge is 2.21. The van der Waals surface area contributed by atoms with E-state index in [0.29, 0.717) is 23.0 Å². The van der Waals surface area contributed by atoms with Crippen molar-refractivity contribution in [3.63, 3.8) is 0 Å². The number of carbonyl (C=O) groups is 1. The molecular formula is C23H20ClN3O2.